The molecule has 62 heavy (non-hydrogen) atoms. The maximum absolute atomic E-state index is 13.4. The number of aromatic nitrogens is 1. The van der Waals surface area contributed by atoms with Gasteiger partial charge >= 0.3 is 5.97 Å². The number of amides is 1. The van der Waals surface area contributed by atoms with Crippen molar-refractivity contribution in [1.82, 2.24) is 4.98 Å². The van der Waals surface area contributed by atoms with Crippen LogP contribution in [0.3, 0.4) is 0 Å². The molecular formula is C54H61N3O5. The molecule has 2 aliphatic heterocycles. The zero-order valence-electron chi connectivity index (χ0n) is 36.6. The lowest BCUT2D eigenvalue weighted by Gasteiger charge is -2.31. The van der Waals surface area contributed by atoms with Gasteiger partial charge in [0.2, 0.25) is 0 Å². The van der Waals surface area contributed by atoms with E-state index < -0.39 is 17.3 Å². The van der Waals surface area contributed by atoms with E-state index in [4.69, 9.17) is 14.1 Å². The Morgan fingerprint density at radius 3 is 2.18 bits per heavy atom. The predicted molar refractivity (Wildman–Crippen MR) is 251 cm³/mol. The van der Waals surface area contributed by atoms with Gasteiger partial charge in [0.05, 0.1) is 11.1 Å². The summed E-state index contributed by atoms with van der Waals surface area (Å²) in [6.45, 7) is 6.59. The lowest BCUT2D eigenvalue weighted by molar-refractivity contribution is 0.0734. The average Bonchev–Trinajstić information content (AvgIpc) is 3.29. The Morgan fingerprint density at radius 2 is 1.47 bits per heavy atom. The third-order valence-corrected chi connectivity index (χ3v) is 13.1. The molecule has 4 aromatic carbocycles. The van der Waals surface area contributed by atoms with Gasteiger partial charge in [0.15, 0.2) is 16.8 Å². The van der Waals surface area contributed by atoms with Gasteiger partial charge in [-0.2, -0.15) is 0 Å². The number of rotatable bonds is 17. The quantitative estimate of drug-likeness (QED) is 0.0423. The monoisotopic (exact) mass is 831 g/mol. The molecule has 1 amide bonds. The summed E-state index contributed by atoms with van der Waals surface area (Å²) < 4.78 is 11.9. The summed E-state index contributed by atoms with van der Waals surface area (Å²) in [4.78, 5) is 47.0. The van der Waals surface area contributed by atoms with E-state index in [1.165, 1.54) is 119 Å². The van der Waals surface area contributed by atoms with E-state index in [0.717, 1.165) is 43.0 Å². The lowest BCUT2D eigenvalue weighted by atomic mass is 9.77. The molecule has 8 rings (SSSR count). The van der Waals surface area contributed by atoms with Crippen molar-refractivity contribution in [2.75, 3.05) is 23.3 Å². The number of ether oxygens (including phenoxy) is 1. The van der Waals surface area contributed by atoms with Crippen molar-refractivity contribution in [1.29, 1.82) is 0 Å². The molecule has 0 saturated heterocycles. The molecule has 1 N–H and O–H groups in total. The van der Waals surface area contributed by atoms with Crippen LogP contribution in [0.5, 0.6) is 5.75 Å². The van der Waals surface area contributed by atoms with Crippen molar-refractivity contribution in [3.63, 3.8) is 0 Å². The summed E-state index contributed by atoms with van der Waals surface area (Å²) >= 11 is 0. The molecule has 0 radical (unpaired) electrons. The molecule has 0 spiro atoms. The van der Waals surface area contributed by atoms with Gasteiger partial charge < -0.3 is 19.4 Å². The van der Waals surface area contributed by atoms with Crippen LogP contribution in [-0.4, -0.2) is 29.9 Å². The molecule has 0 aromatic heterocycles. The summed E-state index contributed by atoms with van der Waals surface area (Å²) in [5, 5.41) is 2.79. The summed E-state index contributed by atoms with van der Waals surface area (Å²) in [5.74, 6) is 1.26. The maximum Gasteiger partial charge on any atom is 0.343 e. The Balaban J connectivity index is 0.856. The second kappa shape index (κ2) is 20.4. The maximum atomic E-state index is 13.4. The van der Waals surface area contributed by atoms with Gasteiger partial charge in [0.25, 0.3) is 5.91 Å². The predicted octanol–water partition coefficient (Wildman–Crippen LogP) is 13.4. The van der Waals surface area contributed by atoms with Gasteiger partial charge in [-0.25, -0.2) is 9.78 Å². The Hall–Kier alpha value is -5.76. The van der Waals surface area contributed by atoms with E-state index in [2.05, 4.69) is 60.5 Å². The second-order valence-corrected chi connectivity index (χ2v) is 17.6. The van der Waals surface area contributed by atoms with Crippen LogP contribution in [0.4, 0.5) is 11.4 Å². The van der Waals surface area contributed by atoms with Crippen LogP contribution < -0.4 is 20.4 Å². The number of benzene rings is 5. The van der Waals surface area contributed by atoms with Gasteiger partial charge in [-0.15, -0.1) is 0 Å². The van der Waals surface area contributed by atoms with E-state index in [1.807, 2.05) is 12.1 Å². The fourth-order valence-corrected chi connectivity index (χ4v) is 9.57. The number of nitrogens with zero attached hydrogens (tertiary/aromatic N) is 2. The molecule has 1 saturated carbocycles. The first-order chi connectivity index (χ1) is 30.3. The largest absolute Gasteiger partial charge is 0.453 e. The van der Waals surface area contributed by atoms with Crippen molar-refractivity contribution in [2.24, 2.45) is 5.92 Å². The highest BCUT2D eigenvalue weighted by atomic mass is 16.5. The zero-order chi connectivity index (χ0) is 42.8. The van der Waals surface area contributed by atoms with E-state index in [1.54, 1.807) is 36.4 Å². The first kappa shape index (κ1) is 42.9. The van der Waals surface area contributed by atoms with Crippen molar-refractivity contribution in [3.05, 3.63) is 130 Å². The first-order valence-corrected chi connectivity index (χ1v) is 23.4. The minimum Gasteiger partial charge on any atom is -0.453 e. The molecule has 8 nitrogen and oxygen atoms in total. The molecule has 1 fully saturated rings. The molecule has 2 aliphatic carbocycles. The number of esters is 1. The molecular weight excluding hydrogens is 771 g/mol. The fraction of sp³-hybridized carbons (Fsp3) is 0.407. The number of hydrogen-bond acceptors (Lipinski definition) is 7. The van der Waals surface area contributed by atoms with Gasteiger partial charge in [-0.3, -0.25) is 9.59 Å². The Morgan fingerprint density at radius 1 is 0.774 bits per heavy atom. The highest BCUT2D eigenvalue weighted by Gasteiger charge is 2.24. The van der Waals surface area contributed by atoms with Gasteiger partial charge in [0.1, 0.15) is 17.0 Å². The molecule has 0 atom stereocenters. The van der Waals surface area contributed by atoms with E-state index in [9.17, 15) is 14.4 Å². The molecule has 2 heterocycles. The zero-order valence-corrected chi connectivity index (χ0v) is 36.6. The third-order valence-electron chi connectivity index (χ3n) is 13.1. The molecule has 4 aromatic rings. The number of anilines is 2. The number of hydrogen-bond donors (Lipinski definition) is 1. The SMILES string of the molecule is CCCCCCCCCCN1CCCc2cc3nc4cc(C(=O)Nc5ccc(C(=O)Oc6ccc(-c7ccc(C8CCC(CCC)CC8)cc7)cc6)cc5)c(=O)cc-4oc3cc21. The van der Waals surface area contributed by atoms with E-state index in [0.29, 0.717) is 45.5 Å². The molecule has 322 valence electrons. The summed E-state index contributed by atoms with van der Waals surface area (Å²) in [5.41, 5.74) is 8.09. The Kier molecular flexibility index (Phi) is 14.1. The van der Waals surface area contributed by atoms with Gasteiger partial charge in [-0.1, -0.05) is 108 Å². The summed E-state index contributed by atoms with van der Waals surface area (Å²) in [6.07, 6.45) is 20.3. The van der Waals surface area contributed by atoms with Crippen LogP contribution in [0.1, 0.15) is 148 Å². The topological polar surface area (TPSA) is 102 Å². The second-order valence-electron chi connectivity index (χ2n) is 17.6. The van der Waals surface area contributed by atoms with Crippen molar-refractivity contribution in [3.8, 4) is 28.3 Å². The summed E-state index contributed by atoms with van der Waals surface area (Å²) in [6, 6.07) is 29.9. The number of aryl methyl sites for hydroxylation is 1. The third kappa shape index (κ3) is 10.5. The molecule has 0 bridgehead atoms. The standard InChI is InChI=1S/C54H61N3O5/c1-3-5-6-7-8-9-10-11-31-57-32-12-14-43-33-47-51(35-49(43)57)62-52-36-50(58)46(34-48(52)56-47)53(59)55-44-27-23-42(24-28-44)54(60)61-45-29-25-41(26-30-45)40-21-19-39(20-22-40)38-17-15-37(13-4-2)16-18-38/h19-30,33-38H,3-18,31-32H2,1-2H3,(H,55,59). The lowest BCUT2D eigenvalue weighted by Crippen LogP contribution is -2.30. The van der Waals surface area contributed by atoms with Crippen LogP contribution in [0.25, 0.3) is 33.7 Å². The Labute approximate surface area is 366 Å². The minimum atomic E-state index is -0.569. The van der Waals surface area contributed by atoms with Crippen LogP contribution in [-0.2, 0) is 6.42 Å². The Bertz CT molecular complexity index is 2470. The van der Waals surface area contributed by atoms with Crippen LogP contribution in [0, 0.1) is 5.92 Å². The van der Waals surface area contributed by atoms with Crippen LogP contribution >= 0.6 is 0 Å². The van der Waals surface area contributed by atoms with Gasteiger partial charge in [0, 0.05) is 36.6 Å². The van der Waals surface area contributed by atoms with Crippen LogP contribution in [0.2, 0.25) is 0 Å². The summed E-state index contributed by atoms with van der Waals surface area (Å²) in [7, 11) is 0. The van der Waals surface area contributed by atoms with E-state index >= 15 is 0 Å². The number of nitrogens with one attached hydrogen (secondary N) is 1. The molecule has 8 heteroatoms. The highest BCUT2D eigenvalue weighted by Crippen LogP contribution is 2.38. The van der Waals surface area contributed by atoms with Crippen molar-refractivity contribution in [2.45, 2.75) is 122 Å². The van der Waals surface area contributed by atoms with Crippen molar-refractivity contribution < 1.29 is 18.7 Å². The number of unbranched alkanes of at least 4 members (excludes halogenated alkanes) is 7. The van der Waals surface area contributed by atoms with E-state index in [-0.39, 0.29) is 5.56 Å². The highest BCUT2D eigenvalue weighted by molar-refractivity contribution is 6.05. The fourth-order valence-electron chi connectivity index (χ4n) is 9.57. The van der Waals surface area contributed by atoms with Crippen molar-refractivity contribution >= 4 is 34.4 Å². The first-order valence-electron chi connectivity index (χ1n) is 23.4. The molecule has 4 aliphatic rings. The number of carbonyl (C=O) groups excluding carboxylic acids is 2. The number of carbonyl (C=O) groups is 2. The number of fused-ring (bicyclic) bond motifs is 3. The normalized spacial score (nSPS) is 16.3. The average molecular weight is 832 g/mol. The minimum absolute atomic E-state index is 0.0401. The van der Waals surface area contributed by atoms with Gasteiger partial charge in [-0.05, 0) is 128 Å². The molecule has 0 unspecified atom stereocenters. The van der Waals surface area contributed by atoms with Crippen LogP contribution in [0.15, 0.2) is 106 Å². The smallest absolute Gasteiger partial charge is 0.343 e.